The quantitative estimate of drug-likeness (QED) is 0.716. The lowest BCUT2D eigenvalue weighted by Gasteiger charge is -2.57. The van der Waals surface area contributed by atoms with Gasteiger partial charge in [0.25, 0.3) is 10.0 Å². The zero-order chi connectivity index (χ0) is 19.2. The van der Waals surface area contributed by atoms with Crippen molar-refractivity contribution < 1.29 is 13.2 Å². The first-order chi connectivity index (χ1) is 12.8. The van der Waals surface area contributed by atoms with Gasteiger partial charge in [0, 0.05) is 13.6 Å². The van der Waals surface area contributed by atoms with Gasteiger partial charge in [-0.05, 0) is 80.2 Å². The molecule has 4 saturated carbocycles. The predicted octanol–water partition coefficient (Wildman–Crippen LogP) is 3.74. The normalized spacial score (nSPS) is 32.2. The SMILES string of the molecule is CN(CC(=O)NCCC12CC3CC(CC(C3)C1)C2)S(=O)(=O)c1ccc(Cl)s1. The van der Waals surface area contributed by atoms with Crippen LogP contribution in [-0.2, 0) is 14.8 Å². The Kier molecular flexibility index (Phi) is 5.33. The van der Waals surface area contributed by atoms with Crippen molar-refractivity contribution in [3.8, 4) is 0 Å². The van der Waals surface area contributed by atoms with Crippen LogP contribution in [-0.4, -0.2) is 38.8 Å². The molecule has 0 saturated heterocycles. The largest absolute Gasteiger partial charge is 0.355 e. The molecule has 1 amide bonds. The van der Waals surface area contributed by atoms with E-state index in [0.29, 0.717) is 16.3 Å². The molecule has 0 aromatic carbocycles. The van der Waals surface area contributed by atoms with Gasteiger partial charge in [0.05, 0.1) is 10.9 Å². The molecule has 1 aromatic heterocycles. The lowest BCUT2D eigenvalue weighted by Crippen LogP contribution is -2.47. The molecule has 150 valence electrons. The molecule has 1 heterocycles. The summed E-state index contributed by atoms with van der Waals surface area (Å²) in [6.45, 7) is 0.475. The summed E-state index contributed by atoms with van der Waals surface area (Å²) in [6.07, 6.45) is 9.25. The number of hydrogen-bond acceptors (Lipinski definition) is 4. The lowest BCUT2D eigenvalue weighted by molar-refractivity contribution is -0.121. The van der Waals surface area contributed by atoms with Gasteiger partial charge in [-0.1, -0.05) is 11.6 Å². The van der Waals surface area contributed by atoms with Crippen LogP contribution >= 0.6 is 22.9 Å². The minimum Gasteiger partial charge on any atom is -0.355 e. The minimum absolute atomic E-state index is 0.163. The number of sulfonamides is 1. The van der Waals surface area contributed by atoms with Gasteiger partial charge in [0.15, 0.2) is 0 Å². The second-order valence-electron chi connectivity index (χ2n) is 8.84. The lowest BCUT2D eigenvalue weighted by atomic mass is 9.49. The molecule has 1 N–H and O–H groups in total. The van der Waals surface area contributed by atoms with Gasteiger partial charge in [-0.15, -0.1) is 11.3 Å². The summed E-state index contributed by atoms with van der Waals surface area (Å²) < 4.78 is 26.6. The number of carbonyl (C=O) groups excluding carboxylic acids is 1. The summed E-state index contributed by atoms with van der Waals surface area (Å²) in [7, 11) is -2.24. The first-order valence-corrected chi connectivity index (χ1v) is 12.4. The van der Waals surface area contributed by atoms with Crippen molar-refractivity contribution in [3.05, 3.63) is 16.5 Å². The first-order valence-electron chi connectivity index (χ1n) is 9.74. The highest BCUT2D eigenvalue weighted by atomic mass is 35.5. The van der Waals surface area contributed by atoms with Gasteiger partial charge in [-0.3, -0.25) is 4.79 Å². The van der Waals surface area contributed by atoms with Gasteiger partial charge >= 0.3 is 0 Å². The van der Waals surface area contributed by atoms with Crippen LogP contribution in [0.25, 0.3) is 0 Å². The van der Waals surface area contributed by atoms with Gasteiger partial charge in [-0.25, -0.2) is 8.42 Å². The maximum absolute atomic E-state index is 12.5. The standard InChI is InChI=1S/C19H27ClN2O3S2/c1-22(27(24,25)18-3-2-16(20)26-18)12-17(23)21-5-4-19-9-13-6-14(10-19)8-15(7-13)11-19/h2-3,13-15H,4-12H2,1H3,(H,21,23). The van der Waals surface area contributed by atoms with Crippen LogP contribution in [0, 0.1) is 23.2 Å². The van der Waals surface area contributed by atoms with Crippen LogP contribution in [0.5, 0.6) is 0 Å². The summed E-state index contributed by atoms with van der Waals surface area (Å²) >= 11 is 6.83. The smallest absolute Gasteiger partial charge is 0.252 e. The van der Waals surface area contributed by atoms with Crippen LogP contribution in [0.2, 0.25) is 4.34 Å². The van der Waals surface area contributed by atoms with Crippen LogP contribution in [0.4, 0.5) is 0 Å². The van der Waals surface area contributed by atoms with Crippen LogP contribution in [0.15, 0.2) is 16.3 Å². The molecular formula is C19H27ClN2O3S2. The van der Waals surface area contributed by atoms with E-state index in [9.17, 15) is 13.2 Å². The Labute approximate surface area is 170 Å². The summed E-state index contributed by atoms with van der Waals surface area (Å²) in [4.78, 5) is 12.3. The zero-order valence-electron chi connectivity index (χ0n) is 15.6. The Bertz CT molecular complexity index is 785. The molecule has 4 fully saturated rings. The minimum atomic E-state index is -3.67. The monoisotopic (exact) mass is 430 g/mol. The molecule has 1 aromatic rings. The van der Waals surface area contributed by atoms with Gasteiger partial charge in [-0.2, -0.15) is 4.31 Å². The third-order valence-electron chi connectivity index (χ3n) is 6.72. The Morgan fingerprint density at radius 1 is 1.22 bits per heavy atom. The van der Waals surface area contributed by atoms with Crippen molar-refractivity contribution in [2.75, 3.05) is 20.1 Å². The van der Waals surface area contributed by atoms with Gasteiger partial charge in [0.1, 0.15) is 4.21 Å². The van der Waals surface area contributed by atoms with E-state index in [0.717, 1.165) is 39.8 Å². The van der Waals surface area contributed by atoms with E-state index in [1.165, 1.54) is 51.6 Å². The van der Waals surface area contributed by atoms with Crippen molar-refractivity contribution >= 4 is 38.9 Å². The highest BCUT2D eigenvalue weighted by Crippen LogP contribution is 2.61. The molecule has 4 aliphatic carbocycles. The van der Waals surface area contributed by atoms with Gasteiger partial charge < -0.3 is 5.32 Å². The number of thiophene rings is 1. The maximum Gasteiger partial charge on any atom is 0.252 e. The molecule has 4 bridgehead atoms. The van der Waals surface area contributed by atoms with E-state index in [1.54, 1.807) is 6.07 Å². The second kappa shape index (κ2) is 7.32. The summed E-state index contributed by atoms with van der Waals surface area (Å²) in [6, 6.07) is 3.03. The number of amides is 1. The fourth-order valence-electron chi connectivity index (χ4n) is 6.00. The highest BCUT2D eigenvalue weighted by Gasteiger charge is 2.50. The molecule has 0 aliphatic heterocycles. The number of likely N-dealkylation sites (N-methyl/N-ethyl adjacent to an activating group) is 1. The first kappa shape index (κ1) is 19.7. The molecule has 5 nitrogen and oxygen atoms in total. The number of carbonyl (C=O) groups is 1. The summed E-state index contributed by atoms with van der Waals surface area (Å²) in [5.74, 6) is 2.47. The van der Waals surface area contributed by atoms with Gasteiger partial charge in [0.2, 0.25) is 5.91 Å². The van der Waals surface area contributed by atoms with E-state index in [2.05, 4.69) is 5.32 Å². The molecule has 5 rings (SSSR count). The third-order valence-corrected chi connectivity index (χ3v) is 10.2. The fraction of sp³-hybridized carbons (Fsp3) is 0.737. The van der Waals surface area contributed by atoms with Crippen LogP contribution in [0.1, 0.15) is 44.9 Å². The maximum atomic E-state index is 12.5. The van der Waals surface area contributed by atoms with Crippen molar-refractivity contribution in [1.29, 1.82) is 0 Å². The fourth-order valence-corrected chi connectivity index (χ4v) is 8.82. The Morgan fingerprint density at radius 3 is 2.33 bits per heavy atom. The zero-order valence-corrected chi connectivity index (χ0v) is 18.0. The number of hydrogen-bond donors (Lipinski definition) is 1. The molecule has 8 heteroatoms. The summed E-state index contributed by atoms with van der Waals surface area (Å²) in [5, 5.41) is 2.95. The predicted molar refractivity (Wildman–Crippen MR) is 107 cm³/mol. The van der Waals surface area contributed by atoms with Crippen molar-refractivity contribution in [2.45, 2.75) is 49.2 Å². The van der Waals surface area contributed by atoms with E-state index in [-0.39, 0.29) is 16.7 Å². The Morgan fingerprint density at radius 2 is 1.81 bits per heavy atom. The topological polar surface area (TPSA) is 66.5 Å². The van der Waals surface area contributed by atoms with E-state index in [1.807, 2.05) is 0 Å². The third kappa shape index (κ3) is 4.07. The van der Waals surface area contributed by atoms with Crippen LogP contribution in [0.3, 0.4) is 0 Å². The summed E-state index contributed by atoms with van der Waals surface area (Å²) in [5.41, 5.74) is 0.424. The van der Waals surface area contributed by atoms with E-state index < -0.39 is 10.0 Å². The van der Waals surface area contributed by atoms with E-state index >= 15 is 0 Å². The van der Waals surface area contributed by atoms with Crippen molar-refractivity contribution in [2.24, 2.45) is 23.2 Å². The van der Waals surface area contributed by atoms with E-state index in [4.69, 9.17) is 11.6 Å². The average Bonchev–Trinajstić information content (AvgIpc) is 3.00. The Balaban J connectivity index is 1.28. The molecule has 0 unspecified atom stereocenters. The molecule has 0 radical (unpaired) electrons. The molecular weight excluding hydrogens is 404 g/mol. The highest BCUT2D eigenvalue weighted by molar-refractivity contribution is 7.91. The number of nitrogens with one attached hydrogen (secondary N) is 1. The Hall–Kier alpha value is -0.630. The molecule has 0 atom stereocenters. The van der Waals surface area contributed by atoms with Crippen LogP contribution < -0.4 is 5.32 Å². The number of halogens is 1. The average molecular weight is 431 g/mol. The molecule has 0 spiro atoms. The molecule has 27 heavy (non-hydrogen) atoms. The van der Waals surface area contributed by atoms with Crippen molar-refractivity contribution in [3.63, 3.8) is 0 Å². The number of nitrogens with zero attached hydrogens (tertiary/aromatic N) is 1. The molecule has 4 aliphatic rings. The second-order valence-corrected chi connectivity index (χ2v) is 12.8. The number of rotatable bonds is 7. The van der Waals surface area contributed by atoms with Crippen molar-refractivity contribution in [1.82, 2.24) is 9.62 Å².